The second-order valence-electron chi connectivity index (χ2n) is 5.29. The third-order valence-electron chi connectivity index (χ3n) is 3.75. The van der Waals surface area contributed by atoms with Crippen molar-refractivity contribution in [3.05, 3.63) is 65.6 Å². The molecule has 0 N–H and O–H groups in total. The maximum absolute atomic E-state index is 13.2. The largest absolute Gasteiger partial charge is 0.497 e. The first-order chi connectivity index (χ1) is 11.7. The van der Waals surface area contributed by atoms with Crippen molar-refractivity contribution in [2.45, 2.75) is 19.9 Å². The zero-order chi connectivity index (χ0) is 16.9. The van der Waals surface area contributed by atoms with Gasteiger partial charge in [-0.15, -0.1) is 5.10 Å². The summed E-state index contributed by atoms with van der Waals surface area (Å²) in [6.45, 7) is 2.67. The molecule has 2 aromatic carbocycles. The number of aromatic nitrogens is 2. The average molecular weight is 343 g/mol. The minimum absolute atomic E-state index is 0.233. The summed E-state index contributed by atoms with van der Waals surface area (Å²) < 4.78 is 22.5. The van der Waals surface area contributed by atoms with Crippen molar-refractivity contribution in [3.63, 3.8) is 0 Å². The van der Waals surface area contributed by atoms with Crippen LogP contribution in [0.5, 0.6) is 5.75 Å². The number of halogens is 1. The average Bonchev–Trinajstić information content (AvgIpc) is 3.10. The molecule has 0 aliphatic heterocycles. The van der Waals surface area contributed by atoms with Crippen LogP contribution >= 0.6 is 11.5 Å². The van der Waals surface area contributed by atoms with Crippen LogP contribution in [0.4, 0.5) is 15.1 Å². The summed E-state index contributed by atoms with van der Waals surface area (Å²) in [6.07, 6.45) is 0.807. The predicted octanol–water partition coefficient (Wildman–Crippen LogP) is 4.59. The second-order valence-corrected chi connectivity index (χ2v) is 6.02. The lowest BCUT2D eigenvalue weighted by molar-refractivity contribution is 0.415. The molecule has 24 heavy (non-hydrogen) atoms. The van der Waals surface area contributed by atoms with Crippen LogP contribution in [0, 0.1) is 5.82 Å². The number of hydrogen-bond acceptors (Lipinski definition) is 5. The Kier molecular flexibility index (Phi) is 5.05. The Morgan fingerprint density at radius 1 is 1.08 bits per heavy atom. The topological polar surface area (TPSA) is 38.2 Å². The highest BCUT2D eigenvalue weighted by Gasteiger charge is 2.17. The molecule has 0 aliphatic rings. The quantitative estimate of drug-likeness (QED) is 0.656. The summed E-state index contributed by atoms with van der Waals surface area (Å²) in [7, 11) is 1.65. The van der Waals surface area contributed by atoms with E-state index in [0.717, 1.165) is 34.1 Å². The van der Waals surface area contributed by atoms with Gasteiger partial charge in [0.2, 0.25) is 0 Å². The van der Waals surface area contributed by atoms with Crippen LogP contribution in [0.2, 0.25) is 0 Å². The Hall–Kier alpha value is -2.47. The third kappa shape index (κ3) is 3.54. The fraction of sp³-hybridized carbons (Fsp3) is 0.222. The Balaban J connectivity index is 1.97. The van der Waals surface area contributed by atoms with Gasteiger partial charge in [-0.1, -0.05) is 23.5 Å². The number of aryl methyl sites for hydroxylation is 1. The first kappa shape index (κ1) is 16.4. The highest BCUT2D eigenvalue weighted by molar-refractivity contribution is 7.10. The summed E-state index contributed by atoms with van der Waals surface area (Å²) >= 11 is 1.37. The molecule has 3 rings (SSSR count). The number of nitrogens with zero attached hydrogens (tertiary/aromatic N) is 3. The van der Waals surface area contributed by atoms with Crippen LogP contribution in [0.1, 0.15) is 18.2 Å². The Morgan fingerprint density at radius 2 is 1.79 bits per heavy atom. The van der Waals surface area contributed by atoms with Gasteiger partial charge >= 0.3 is 0 Å². The molecule has 124 valence electrons. The second kappa shape index (κ2) is 7.40. The molecule has 0 unspecified atom stereocenters. The van der Waals surface area contributed by atoms with E-state index in [-0.39, 0.29) is 5.82 Å². The molecule has 0 saturated carbocycles. The smallest absolute Gasteiger partial charge is 0.140 e. The number of rotatable bonds is 6. The number of ether oxygens (including phenoxy) is 1. The molecule has 0 aliphatic carbocycles. The molecule has 3 aromatic rings. The van der Waals surface area contributed by atoms with Crippen LogP contribution in [0.15, 0.2) is 48.5 Å². The molecule has 1 heterocycles. The van der Waals surface area contributed by atoms with E-state index in [4.69, 9.17) is 4.74 Å². The molecule has 0 fully saturated rings. The lowest BCUT2D eigenvalue weighted by Gasteiger charge is -2.24. The fourth-order valence-electron chi connectivity index (χ4n) is 2.45. The van der Waals surface area contributed by atoms with Crippen molar-refractivity contribution < 1.29 is 9.13 Å². The predicted molar refractivity (Wildman–Crippen MR) is 94.5 cm³/mol. The molecule has 0 saturated heterocycles. The maximum Gasteiger partial charge on any atom is 0.140 e. The van der Waals surface area contributed by atoms with Crippen molar-refractivity contribution >= 4 is 22.2 Å². The normalized spacial score (nSPS) is 10.6. The first-order valence-corrected chi connectivity index (χ1v) is 8.46. The highest BCUT2D eigenvalue weighted by Crippen LogP contribution is 2.33. The minimum atomic E-state index is -0.233. The van der Waals surface area contributed by atoms with E-state index in [1.807, 2.05) is 24.3 Å². The van der Waals surface area contributed by atoms with Gasteiger partial charge in [0.25, 0.3) is 0 Å². The van der Waals surface area contributed by atoms with Gasteiger partial charge in [0.1, 0.15) is 16.6 Å². The summed E-state index contributed by atoms with van der Waals surface area (Å²) in [5.74, 6) is 0.571. The van der Waals surface area contributed by atoms with Crippen LogP contribution in [0.25, 0.3) is 0 Å². The van der Waals surface area contributed by atoms with Crippen molar-refractivity contribution in [1.29, 1.82) is 0 Å². The number of anilines is 2. The van der Waals surface area contributed by atoms with Crippen LogP contribution in [0.3, 0.4) is 0 Å². The minimum Gasteiger partial charge on any atom is -0.497 e. The number of hydrogen-bond donors (Lipinski definition) is 0. The van der Waals surface area contributed by atoms with E-state index in [0.29, 0.717) is 6.54 Å². The van der Waals surface area contributed by atoms with Gasteiger partial charge in [0.05, 0.1) is 12.8 Å². The van der Waals surface area contributed by atoms with Gasteiger partial charge in [0.15, 0.2) is 0 Å². The van der Waals surface area contributed by atoms with Crippen LogP contribution < -0.4 is 9.64 Å². The van der Waals surface area contributed by atoms with Crippen molar-refractivity contribution in [3.8, 4) is 5.75 Å². The zero-order valence-corrected chi connectivity index (χ0v) is 14.4. The summed E-state index contributed by atoms with van der Waals surface area (Å²) in [5.41, 5.74) is 2.99. The van der Waals surface area contributed by atoms with E-state index in [2.05, 4.69) is 21.4 Å². The van der Waals surface area contributed by atoms with Gasteiger partial charge in [-0.25, -0.2) is 4.39 Å². The van der Waals surface area contributed by atoms with Gasteiger partial charge in [0, 0.05) is 23.8 Å². The summed E-state index contributed by atoms with van der Waals surface area (Å²) in [5, 5.41) is 5.22. The lowest BCUT2D eigenvalue weighted by atomic mass is 10.2. The summed E-state index contributed by atoms with van der Waals surface area (Å²) in [4.78, 5) is 2.15. The molecule has 0 radical (unpaired) electrons. The van der Waals surface area contributed by atoms with Gasteiger partial charge in [-0.3, -0.25) is 0 Å². The molecule has 1 aromatic heterocycles. The SMILES string of the molecule is CCc1nnsc1N(Cc1ccc(F)cc1)c1ccc(OC)cc1. The molecule has 0 atom stereocenters. The monoisotopic (exact) mass is 343 g/mol. The Morgan fingerprint density at radius 3 is 2.42 bits per heavy atom. The third-order valence-corrected chi connectivity index (χ3v) is 4.55. The Labute approximate surface area is 144 Å². The van der Waals surface area contributed by atoms with Crippen molar-refractivity contribution in [2.24, 2.45) is 0 Å². The van der Waals surface area contributed by atoms with Crippen molar-refractivity contribution in [1.82, 2.24) is 9.59 Å². The van der Waals surface area contributed by atoms with Crippen molar-refractivity contribution in [2.75, 3.05) is 12.0 Å². The van der Waals surface area contributed by atoms with E-state index in [1.165, 1.54) is 23.7 Å². The summed E-state index contributed by atoms with van der Waals surface area (Å²) in [6, 6.07) is 14.4. The molecular weight excluding hydrogens is 325 g/mol. The Bertz CT molecular complexity index is 787. The van der Waals surface area contributed by atoms with Gasteiger partial charge < -0.3 is 9.64 Å². The number of methoxy groups -OCH3 is 1. The first-order valence-electron chi connectivity index (χ1n) is 7.68. The zero-order valence-electron chi connectivity index (χ0n) is 13.6. The number of benzene rings is 2. The molecule has 0 amide bonds. The maximum atomic E-state index is 13.2. The van der Waals surface area contributed by atoms with E-state index < -0.39 is 0 Å². The van der Waals surface area contributed by atoms with E-state index in [1.54, 1.807) is 19.2 Å². The van der Waals surface area contributed by atoms with Crippen LogP contribution in [-0.2, 0) is 13.0 Å². The standard InChI is InChI=1S/C18H18FN3OS/c1-3-17-18(24-21-20-17)22(12-13-4-6-14(19)7-5-13)15-8-10-16(23-2)11-9-15/h4-11H,3,12H2,1-2H3. The lowest BCUT2D eigenvalue weighted by Crippen LogP contribution is -2.16. The van der Waals surface area contributed by atoms with Gasteiger partial charge in [-0.2, -0.15) is 0 Å². The van der Waals surface area contributed by atoms with Gasteiger partial charge in [-0.05, 0) is 48.4 Å². The molecule has 0 spiro atoms. The molecule has 4 nitrogen and oxygen atoms in total. The fourth-order valence-corrected chi connectivity index (χ4v) is 3.22. The van der Waals surface area contributed by atoms with E-state index in [9.17, 15) is 4.39 Å². The van der Waals surface area contributed by atoms with E-state index >= 15 is 0 Å². The molecule has 6 heteroatoms. The highest BCUT2D eigenvalue weighted by atomic mass is 32.1. The van der Waals surface area contributed by atoms with Crippen LogP contribution in [-0.4, -0.2) is 16.7 Å². The molecule has 0 bridgehead atoms. The molecular formula is C18H18FN3OS.